The third kappa shape index (κ3) is 2.21. The van der Waals surface area contributed by atoms with E-state index in [1.54, 1.807) is 13.2 Å². The molecule has 1 unspecified atom stereocenters. The van der Waals surface area contributed by atoms with Gasteiger partial charge in [-0.25, -0.2) is 4.39 Å². The van der Waals surface area contributed by atoms with Crippen molar-refractivity contribution in [2.24, 2.45) is 0 Å². The maximum Gasteiger partial charge on any atom is 0.151 e. The molecule has 0 spiro atoms. The Morgan fingerprint density at radius 2 is 2.10 bits per heavy atom. The van der Waals surface area contributed by atoms with Crippen molar-refractivity contribution in [2.45, 2.75) is 18.4 Å². The van der Waals surface area contributed by atoms with Crippen LogP contribution in [0.3, 0.4) is 0 Å². The molecule has 3 rings (SSSR count). The summed E-state index contributed by atoms with van der Waals surface area (Å²) in [6.45, 7) is 0. The minimum atomic E-state index is -0.885. The van der Waals surface area contributed by atoms with Gasteiger partial charge >= 0.3 is 0 Å². The van der Waals surface area contributed by atoms with E-state index in [1.165, 1.54) is 6.07 Å². The van der Waals surface area contributed by atoms with E-state index in [-0.39, 0.29) is 5.82 Å². The predicted octanol–water partition coefficient (Wildman–Crippen LogP) is 3.61. The molecule has 0 fully saturated rings. The number of hydrogen-bond donors (Lipinski definition) is 1. The van der Waals surface area contributed by atoms with E-state index in [4.69, 9.17) is 4.74 Å². The summed E-state index contributed by atoms with van der Waals surface area (Å²) in [5.41, 5.74) is 1.26. The van der Waals surface area contributed by atoms with Gasteiger partial charge in [-0.05, 0) is 42.2 Å². The number of hydrogen-bond acceptors (Lipinski definition) is 3. The van der Waals surface area contributed by atoms with E-state index in [0.29, 0.717) is 24.2 Å². The van der Waals surface area contributed by atoms with E-state index in [1.807, 2.05) is 30.3 Å². The van der Waals surface area contributed by atoms with Gasteiger partial charge in [-0.15, -0.1) is 0 Å². The molecule has 2 aromatic carbocycles. The first-order chi connectivity index (χ1) is 10.2. The summed E-state index contributed by atoms with van der Waals surface area (Å²) in [6, 6.07) is 14.6. The van der Waals surface area contributed by atoms with Gasteiger partial charge in [0.1, 0.15) is 11.6 Å². The first-order valence-corrected chi connectivity index (χ1v) is 6.80. The Labute approximate surface area is 123 Å². The van der Waals surface area contributed by atoms with Gasteiger partial charge in [-0.1, -0.05) is 18.2 Å². The van der Waals surface area contributed by atoms with E-state index < -0.39 is 5.54 Å². The number of ether oxygens (including phenoxy) is 1. The molecule has 1 atom stereocenters. The van der Waals surface area contributed by atoms with Crippen molar-refractivity contribution in [3.8, 4) is 11.8 Å². The molecular formula is C17H15FN2O. The van der Waals surface area contributed by atoms with E-state index >= 15 is 0 Å². The average Bonchev–Trinajstić information content (AvgIpc) is 2.88. The molecule has 106 valence electrons. The van der Waals surface area contributed by atoms with Crippen molar-refractivity contribution in [1.29, 1.82) is 5.26 Å². The van der Waals surface area contributed by atoms with E-state index in [2.05, 4.69) is 11.4 Å². The van der Waals surface area contributed by atoms with E-state index in [0.717, 1.165) is 11.3 Å². The molecule has 1 aliphatic carbocycles. The zero-order valence-corrected chi connectivity index (χ0v) is 11.7. The van der Waals surface area contributed by atoms with Gasteiger partial charge in [0, 0.05) is 11.8 Å². The maximum absolute atomic E-state index is 13.9. The van der Waals surface area contributed by atoms with Gasteiger partial charge < -0.3 is 10.1 Å². The van der Waals surface area contributed by atoms with Crippen LogP contribution in [0.1, 0.15) is 17.5 Å². The van der Waals surface area contributed by atoms with Crippen LogP contribution < -0.4 is 10.1 Å². The standard InChI is InChI=1S/C17H15FN2O/c1-21-13-5-2-4-12(10-13)20-17(11-19)9-8-14-15(17)6-3-7-16(14)18/h2-7,10,20H,8-9H2,1H3. The van der Waals surface area contributed by atoms with Crippen LogP contribution in [0.2, 0.25) is 0 Å². The van der Waals surface area contributed by atoms with Crippen molar-refractivity contribution >= 4 is 5.69 Å². The lowest BCUT2D eigenvalue weighted by atomic mass is 9.93. The fraction of sp³-hybridized carbons (Fsp3) is 0.235. The van der Waals surface area contributed by atoms with Crippen molar-refractivity contribution in [2.75, 3.05) is 12.4 Å². The van der Waals surface area contributed by atoms with Crippen LogP contribution in [0.15, 0.2) is 42.5 Å². The third-order valence-corrected chi connectivity index (χ3v) is 3.95. The highest BCUT2D eigenvalue weighted by atomic mass is 19.1. The lowest BCUT2D eigenvalue weighted by Gasteiger charge is -2.25. The van der Waals surface area contributed by atoms with E-state index in [9.17, 15) is 9.65 Å². The number of nitrogens with one attached hydrogen (secondary N) is 1. The van der Waals surface area contributed by atoms with Gasteiger partial charge in [-0.2, -0.15) is 5.26 Å². The lowest BCUT2D eigenvalue weighted by molar-refractivity contribution is 0.415. The largest absolute Gasteiger partial charge is 0.497 e. The number of nitriles is 1. The number of nitrogens with zero attached hydrogens (tertiary/aromatic N) is 1. The number of halogens is 1. The van der Waals surface area contributed by atoms with Gasteiger partial charge in [0.05, 0.1) is 13.2 Å². The highest BCUT2D eigenvalue weighted by molar-refractivity contribution is 5.57. The summed E-state index contributed by atoms with van der Waals surface area (Å²) in [5, 5.41) is 12.9. The quantitative estimate of drug-likeness (QED) is 0.935. The summed E-state index contributed by atoms with van der Waals surface area (Å²) >= 11 is 0. The molecule has 0 amide bonds. The molecule has 0 aliphatic heterocycles. The Morgan fingerprint density at radius 1 is 1.29 bits per heavy atom. The molecule has 0 bridgehead atoms. The van der Waals surface area contributed by atoms with Gasteiger partial charge in [0.2, 0.25) is 0 Å². The van der Waals surface area contributed by atoms with Crippen LogP contribution in [0.5, 0.6) is 5.75 Å². The smallest absolute Gasteiger partial charge is 0.151 e. The zero-order valence-electron chi connectivity index (χ0n) is 11.7. The Hall–Kier alpha value is -2.54. The summed E-state index contributed by atoms with van der Waals surface area (Å²) < 4.78 is 19.1. The molecule has 21 heavy (non-hydrogen) atoms. The molecule has 1 aliphatic rings. The second-order valence-corrected chi connectivity index (χ2v) is 5.14. The normalized spacial score (nSPS) is 19.7. The van der Waals surface area contributed by atoms with Gasteiger partial charge in [0.15, 0.2) is 5.54 Å². The molecule has 4 heteroatoms. The van der Waals surface area contributed by atoms with Crippen molar-refractivity contribution in [3.05, 3.63) is 59.4 Å². The highest BCUT2D eigenvalue weighted by Crippen LogP contribution is 2.40. The first kappa shape index (κ1) is 13.4. The topological polar surface area (TPSA) is 45.0 Å². The first-order valence-electron chi connectivity index (χ1n) is 6.80. The number of methoxy groups -OCH3 is 1. The van der Waals surface area contributed by atoms with Crippen molar-refractivity contribution in [1.82, 2.24) is 0 Å². The van der Waals surface area contributed by atoms with Crippen LogP contribution in [0.4, 0.5) is 10.1 Å². The van der Waals surface area contributed by atoms with Crippen molar-refractivity contribution in [3.63, 3.8) is 0 Å². The van der Waals surface area contributed by atoms with Crippen LogP contribution >= 0.6 is 0 Å². The fourth-order valence-corrected chi connectivity index (χ4v) is 2.88. The van der Waals surface area contributed by atoms with Crippen LogP contribution in [0.25, 0.3) is 0 Å². The molecule has 1 N–H and O–H groups in total. The summed E-state index contributed by atoms with van der Waals surface area (Å²) in [7, 11) is 1.60. The number of anilines is 1. The van der Waals surface area contributed by atoms with Crippen LogP contribution in [0, 0.1) is 17.1 Å². The van der Waals surface area contributed by atoms with Crippen LogP contribution in [-0.2, 0) is 12.0 Å². The monoisotopic (exact) mass is 282 g/mol. The lowest BCUT2D eigenvalue weighted by Crippen LogP contribution is -2.31. The number of rotatable bonds is 3. The second kappa shape index (κ2) is 5.10. The Morgan fingerprint density at radius 3 is 2.86 bits per heavy atom. The van der Waals surface area contributed by atoms with Gasteiger partial charge in [0.25, 0.3) is 0 Å². The second-order valence-electron chi connectivity index (χ2n) is 5.14. The SMILES string of the molecule is COc1cccc(NC2(C#N)CCc3c(F)cccc32)c1. The maximum atomic E-state index is 13.9. The molecule has 0 heterocycles. The summed E-state index contributed by atoms with van der Waals surface area (Å²) in [5.74, 6) is 0.475. The number of benzene rings is 2. The third-order valence-electron chi connectivity index (χ3n) is 3.95. The minimum absolute atomic E-state index is 0.239. The molecule has 0 saturated heterocycles. The summed E-state index contributed by atoms with van der Waals surface area (Å²) in [6.07, 6.45) is 1.11. The fourth-order valence-electron chi connectivity index (χ4n) is 2.88. The zero-order chi connectivity index (χ0) is 14.9. The van der Waals surface area contributed by atoms with Gasteiger partial charge in [-0.3, -0.25) is 0 Å². The Bertz CT molecular complexity index is 723. The Kier molecular flexibility index (Phi) is 3.26. The predicted molar refractivity (Wildman–Crippen MR) is 78.6 cm³/mol. The minimum Gasteiger partial charge on any atom is -0.497 e. The van der Waals surface area contributed by atoms with Crippen LogP contribution in [-0.4, -0.2) is 7.11 Å². The molecule has 0 saturated carbocycles. The molecule has 2 aromatic rings. The highest BCUT2D eigenvalue weighted by Gasteiger charge is 2.40. The van der Waals surface area contributed by atoms with Crippen molar-refractivity contribution < 1.29 is 9.13 Å². The molecular weight excluding hydrogens is 267 g/mol. The summed E-state index contributed by atoms with van der Waals surface area (Å²) in [4.78, 5) is 0. The molecule has 3 nitrogen and oxygen atoms in total. The number of fused-ring (bicyclic) bond motifs is 1. The Balaban J connectivity index is 2.01. The average molecular weight is 282 g/mol. The molecule has 0 radical (unpaired) electrons. The molecule has 0 aromatic heterocycles.